The van der Waals surface area contributed by atoms with Gasteiger partial charge in [0.1, 0.15) is 5.69 Å². The predicted molar refractivity (Wildman–Crippen MR) is 390 cm³/mol. The molecule has 0 fully saturated rings. The lowest BCUT2D eigenvalue weighted by Gasteiger charge is -2.24. The Morgan fingerprint density at radius 2 is 0.796 bits per heavy atom. The van der Waals surface area contributed by atoms with E-state index in [0.29, 0.717) is 41.0 Å². The lowest BCUT2D eigenvalue weighted by molar-refractivity contribution is -0.729. The third-order valence-electron chi connectivity index (χ3n) is 18.6. The smallest absolute Gasteiger partial charge is 0.278 e. The molecule has 7 aromatic heterocycles. The molecule has 98 heavy (non-hydrogen) atoms. The van der Waals surface area contributed by atoms with Gasteiger partial charge < -0.3 is 52.0 Å². The molecular formula is C77H131N21. The third kappa shape index (κ3) is 21.7. The third-order valence-corrected chi connectivity index (χ3v) is 18.6. The molecule has 0 bridgehead atoms. The zero-order valence-corrected chi connectivity index (χ0v) is 65.2. The standard InChI is InChI=1S/C16H22N3.C13H16N3.2C10H18N3.C9H16N3.2C6H10N3.7CH3/c1-16(2,3)11-14-9-10-15-17-19(12-18(14)15)13-7-5-4-6-8-13;1-15-10-16-12(7-8-13(16)14-15)9-11-5-3-2-4-6-11;1-10(2,3)8-5-6-9-11-12(4)7-13(8)9;1-8(2)6-9-4-5-10-11-12(3)7-13(9)10;1-7(2)8-4-5-9-10-11(3)6-12(8)9;2*1-8-5-9-4-2-3-6(9)7-8;;;;;;;/h4-8,12,14H,9-11H2,1-3H3;2-6,10,12H,7-9H2,1H3;7-8H,5-6H2,1-4H3;7-9H,4-6H2,1-3H3;6-8H,4-5H2,1-3H3;2*5H,2-4H2,1H3;7*1H3/q7*+1;7*-1/t14-;12-;8-;9-;8-;;;;;;;;;/m11111........./s1. The largest absolute Gasteiger partial charge is 0.358 e. The summed E-state index contributed by atoms with van der Waals surface area (Å²) in [5, 5.41) is 31.0. The number of aryl methyl sites for hydroxylation is 15. The van der Waals surface area contributed by atoms with Gasteiger partial charge in [0.2, 0.25) is 44.3 Å². The van der Waals surface area contributed by atoms with Gasteiger partial charge in [0.25, 0.3) is 40.8 Å². The minimum atomic E-state index is 0. The van der Waals surface area contributed by atoms with E-state index < -0.39 is 0 Å². The van der Waals surface area contributed by atoms with Crippen LogP contribution in [0.2, 0.25) is 0 Å². The van der Waals surface area contributed by atoms with Crippen LogP contribution in [0.4, 0.5) is 0 Å². The van der Waals surface area contributed by atoms with Gasteiger partial charge >= 0.3 is 0 Å². The lowest BCUT2D eigenvalue weighted by Crippen LogP contribution is -2.43. The molecule has 0 amide bonds. The average Bonchev–Trinajstić information content (AvgIpc) is 1.67. The molecule has 0 N–H and O–H groups in total. The zero-order valence-electron chi connectivity index (χ0n) is 65.2. The van der Waals surface area contributed by atoms with E-state index in [4.69, 9.17) is 5.10 Å². The summed E-state index contributed by atoms with van der Waals surface area (Å²) in [7, 11) is 11.9. The molecule has 16 rings (SSSR count). The number of hydrogen-bond acceptors (Lipinski definition) is 7. The number of fused-ring (bicyclic) bond motifs is 7. The fraction of sp³-hybridized carbons (Fsp3) is 0.571. The van der Waals surface area contributed by atoms with E-state index >= 15 is 0 Å². The van der Waals surface area contributed by atoms with Crippen LogP contribution in [0.1, 0.15) is 204 Å². The van der Waals surface area contributed by atoms with E-state index in [0.717, 1.165) is 82.0 Å². The Morgan fingerprint density at radius 1 is 0.408 bits per heavy atom. The highest BCUT2D eigenvalue weighted by Gasteiger charge is 2.39. The quantitative estimate of drug-likeness (QED) is 0.114. The number of hydrogen-bond donors (Lipinski definition) is 0. The van der Waals surface area contributed by atoms with Crippen molar-refractivity contribution >= 4 is 0 Å². The number of nitrogens with zero attached hydrogens (tertiary/aromatic N) is 21. The topological polar surface area (TPSA) is 152 Å². The van der Waals surface area contributed by atoms with Gasteiger partial charge in [-0.05, 0) is 98.1 Å². The van der Waals surface area contributed by atoms with Crippen LogP contribution in [0.5, 0.6) is 0 Å². The highest BCUT2D eigenvalue weighted by molar-refractivity contribution is 5.29. The first-order valence-electron chi connectivity index (χ1n) is 34.1. The number of aromatic nitrogens is 21. The highest BCUT2D eigenvalue weighted by atomic mass is 15.4. The summed E-state index contributed by atoms with van der Waals surface area (Å²) in [5.74, 6) is 10.2. The molecule has 21 heteroatoms. The van der Waals surface area contributed by atoms with Crippen molar-refractivity contribution in [3.63, 3.8) is 0 Å². The summed E-state index contributed by atoms with van der Waals surface area (Å²) in [5.41, 5.74) is 3.27. The van der Waals surface area contributed by atoms with Crippen LogP contribution in [0, 0.1) is 74.7 Å². The van der Waals surface area contributed by atoms with Gasteiger partial charge in [-0.25, -0.2) is 32.0 Å². The van der Waals surface area contributed by atoms with Crippen LogP contribution in [0.3, 0.4) is 0 Å². The van der Waals surface area contributed by atoms with E-state index in [1.807, 2.05) is 93.8 Å². The second-order valence-electron chi connectivity index (χ2n) is 29.6. The highest BCUT2D eigenvalue weighted by Crippen LogP contribution is 2.34. The Balaban J connectivity index is 0.000000298. The SMILES string of the molecule is CC(C)(C)C[C@H]1CCc2nn(-c3ccccc3)c[n+]21.CC(C)C[C@H]1CCc2nn(C)c[n+]21.CC(C)[C@H]1CCc2nn(C)c[n+]21.Cn1c[n+]2c(n1)CCC2.Cn1c[n+]2c(n1)CCC2.Cn1c[n+]2c(n1)CC[C@@H]2C(C)(C)C.Cn1c[n+]2c(n1)CC[C@@H]2Cc1ccccc1.[CH3-].[CH3-].[CH3-].[CH3-].[CH3-].[CH3-].[CH3-]. The van der Waals surface area contributed by atoms with Crippen LogP contribution in [-0.2, 0) is 107 Å². The van der Waals surface area contributed by atoms with Crippen molar-refractivity contribution < 1.29 is 32.0 Å². The summed E-state index contributed by atoms with van der Waals surface area (Å²) in [6, 6.07) is 24.2. The second-order valence-corrected chi connectivity index (χ2v) is 29.6. The minimum absolute atomic E-state index is 0. The molecule has 0 saturated heterocycles. The van der Waals surface area contributed by atoms with Crippen molar-refractivity contribution in [3.8, 4) is 5.69 Å². The van der Waals surface area contributed by atoms with E-state index in [-0.39, 0.29) is 52.0 Å². The first-order chi connectivity index (χ1) is 43.4. The summed E-state index contributed by atoms with van der Waals surface area (Å²) in [6.45, 7) is 25.3. The van der Waals surface area contributed by atoms with Crippen molar-refractivity contribution in [3.05, 3.63) is 203 Å². The molecule has 0 unspecified atom stereocenters. The van der Waals surface area contributed by atoms with Crippen molar-refractivity contribution in [2.45, 2.75) is 222 Å². The Morgan fingerprint density at radius 3 is 1.28 bits per heavy atom. The van der Waals surface area contributed by atoms with Gasteiger partial charge in [-0.2, -0.15) is 0 Å². The first kappa shape index (κ1) is 84.6. The summed E-state index contributed by atoms with van der Waals surface area (Å²) in [6.07, 6.45) is 35.0. The second kappa shape index (κ2) is 37.0. The average molecular weight is 1350 g/mol. The molecule has 0 aliphatic carbocycles. The van der Waals surface area contributed by atoms with Crippen molar-refractivity contribution in [1.29, 1.82) is 0 Å². The van der Waals surface area contributed by atoms with E-state index in [1.165, 1.54) is 104 Å². The predicted octanol–water partition coefficient (Wildman–Crippen LogP) is 10.3. The molecule has 9 aromatic rings. The fourth-order valence-electron chi connectivity index (χ4n) is 14.5. The first-order valence-corrected chi connectivity index (χ1v) is 34.1. The minimum Gasteiger partial charge on any atom is -0.358 e. The molecule has 2 aromatic carbocycles. The summed E-state index contributed by atoms with van der Waals surface area (Å²) >= 11 is 0. The molecule has 7 aliphatic heterocycles. The lowest BCUT2D eigenvalue weighted by atomic mass is 9.85. The molecule has 5 atom stereocenters. The van der Waals surface area contributed by atoms with Gasteiger partial charge in [0.05, 0.1) is 85.6 Å². The molecule has 544 valence electrons. The zero-order chi connectivity index (χ0) is 64.7. The number of para-hydroxylation sites is 1. The Labute approximate surface area is 593 Å². The maximum Gasteiger partial charge on any atom is 0.278 e. The van der Waals surface area contributed by atoms with Gasteiger partial charge in [0.15, 0.2) is 0 Å². The molecular weight excluding hydrogens is 1220 g/mol. The Kier molecular flexibility index (Phi) is 32.0. The van der Waals surface area contributed by atoms with Crippen LogP contribution in [0.25, 0.3) is 5.69 Å². The molecule has 0 radical (unpaired) electrons. The Hall–Kier alpha value is -7.58. The maximum absolute atomic E-state index is 4.72. The maximum atomic E-state index is 4.72. The molecule has 14 heterocycles. The van der Waals surface area contributed by atoms with Gasteiger partial charge in [-0.1, -0.05) is 122 Å². The van der Waals surface area contributed by atoms with E-state index in [1.54, 1.807) is 0 Å². The van der Waals surface area contributed by atoms with E-state index in [2.05, 4.69) is 218 Å². The monoisotopic (exact) mass is 1350 g/mol. The van der Waals surface area contributed by atoms with Gasteiger partial charge in [-0.15, -0.1) is 28.1 Å². The molecule has 21 nitrogen and oxygen atoms in total. The van der Waals surface area contributed by atoms with Crippen molar-refractivity contribution in [2.75, 3.05) is 0 Å². The summed E-state index contributed by atoms with van der Waals surface area (Å²) < 4.78 is 29.5. The Bertz CT molecular complexity index is 3670. The van der Waals surface area contributed by atoms with Gasteiger partial charge in [0, 0.05) is 87.1 Å². The van der Waals surface area contributed by atoms with Crippen molar-refractivity contribution in [2.24, 2.45) is 65.0 Å². The number of rotatable bonds is 7. The van der Waals surface area contributed by atoms with Crippen molar-refractivity contribution in [1.82, 2.24) is 68.5 Å². The number of benzene rings is 2. The van der Waals surface area contributed by atoms with Crippen LogP contribution in [0.15, 0.2) is 105 Å². The van der Waals surface area contributed by atoms with Crippen LogP contribution < -0.4 is 32.0 Å². The molecule has 0 spiro atoms. The van der Waals surface area contributed by atoms with Crippen LogP contribution >= 0.6 is 0 Å². The van der Waals surface area contributed by atoms with Gasteiger partial charge in [-0.3, -0.25) is 0 Å². The summed E-state index contributed by atoms with van der Waals surface area (Å²) in [4.78, 5) is 0. The molecule has 7 aliphatic rings. The fourth-order valence-corrected chi connectivity index (χ4v) is 14.5. The normalized spacial score (nSPS) is 18.0. The van der Waals surface area contributed by atoms with E-state index in [9.17, 15) is 0 Å². The van der Waals surface area contributed by atoms with Crippen LogP contribution in [-0.4, -0.2) is 68.5 Å². The molecule has 0 saturated carbocycles.